The van der Waals surface area contributed by atoms with Crippen LogP contribution >= 0.6 is 0 Å². The lowest BCUT2D eigenvalue weighted by Crippen LogP contribution is -1.88. The van der Waals surface area contributed by atoms with Crippen LogP contribution in [0.2, 0.25) is 0 Å². The highest BCUT2D eigenvalue weighted by Gasteiger charge is 2.01. The van der Waals surface area contributed by atoms with Crippen molar-refractivity contribution in [1.82, 2.24) is 9.38 Å². The van der Waals surface area contributed by atoms with Crippen molar-refractivity contribution in [2.75, 3.05) is 0 Å². The minimum atomic E-state index is 0. The van der Waals surface area contributed by atoms with E-state index in [1.165, 1.54) is 0 Å². The Morgan fingerprint density at radius 3 is 2.92 bits per heavy atom. The number of terminal acetylenes is 1. The first-order valence-corrected chi connectivity index (χ1v) is 4.13. The fourth-order valence-corrected chi connectivity index (χ4v) is 1.47. The van der Waals surface area contributed by atoms with Gasteiger partial charge in [0.25, 0.3) is 0 Å². The van der Waals surface area contributed by atoms with Crippen LogP contribution in [0.25, 0.3) is 5.65 Å². The first-order chi connectivity index (χ1) is 6.20. The Hall–Kier alpha value is -1.75. The largest absolute Gasteiger partial charge is 0.305 e. The van der Waals surface area contributed by atoms with Crippen molar-refractivity contribution in [2.45, 2.75) is 13.8 Å². The van der Waals surface area contributed by atoms with Gasteiger partial charge in [0.1, 0.15) is 5.65 Å². The average molecular weight is 172 g/mol. The van der Waals surface area contributed by atoms with Crippen molar-refractivity contribution in [3.63, 3.8) is 0 Å². The van der Waals surface area contributed by atoms with E-state index in [1.54, 1.807) is 0 Å². The first kappa shape index (κ1) is 7.88. The Labute approximate surface area is 78.7 Å². The van der Waals surface area contributed by atoms with Crippen LogP contribution in [0, 0.1) is 26.2 Å². The standard InChI is InChI=1S/C11H10N2.H2/c1-4-10-5-8(2)11-12-9(3)6-13(11)7-10;/h1,5-7H,2-3H3;1H. The molecule has 2 rings (SSSR count). The Bertz CT molecular complexity index is 506. The maximum absolute atomic E-state index is 5.33. The Kier molecular flexibility index (Phi) is 1.60. The van der Waals surface area contributed by atoms with E-state index in [1.807, 2.05) is 36.7 Å². The van der Waals surface area contributed by atoms with Crippen LogP contribution in [0.15, 0.2) is 18.5 Å². The van der Waals surface area contributed by atoms with Gasteiger partial charge in [0.05, 0.1) is 5.69 Å². The quantitative estimate of drug-likeness (QED) is 0.557. The van der Waals surface area contributed by atoms with Gasteiger partial charge in [-0.3, -0.25) is 0 Å². The van der Waals surface area contributed by atoms with E-state index in [0.29, 0.717) is 0 Å². The van der Waals surface area contributed by atoms with E-state index in [2.05, 4.69) is 10.9 Å². The second kappa shape index (κ2) is 2.63. The molecule has 2 heterocycles. The summed E-state index contributed by atoms with van der Waals surface area (Å²) in [6.07, 6.45) is 9.23. The van der Waals surface area contributed by atoms with Crippen molar-refractivity contribution in [3.05, 3.63) is 35.3 Å². The number of fused-ring (bicyclic) bond motifs is 1. The molecule has 0 bridgehead atoms. The number of aromatic nitrogens is 2. The first-order valence-electron chi connectivity index (χ1n) is 4.13. The SMILES string of the molecule is C#Cc1cc(C)c2nc(C)cn2c1.[HH]. The van der Waals surface area contributed by atoms with E-state index in [4.69, 9.17) is 6.42 Å². The van der Waals surface area contributed by atoms with Gasteiger partial charge >= 0.3 is 0 Å². The summed E-state index contributed by atoms with van der Waals surface area (Å²) < 4.78 is 1.97. The van der Waals surface area contributed by atoms with E-state index in [9.17, 15) is 0 Å². The molecule has 0 saturated heterocycles. The molecule has 66 valence electrons. The van der Waals surface area contributed by atoms with Crippen LogP contribution in [0.5, 0.6) is 0 Å². The predicted molar refractivity (Wildman–Crippen MR) is 54.7 cm³/mol. The number of imidazole rings is 1. The van der Waals surface area contributed by atoms with E-state index >= 15 is 0 Å². The Morgan fingerprint density at radius 1 is 1.46 bits per heavy atom. The molecule has 0 aliphatic heterocycles. The van der Waals surface area contributed by atoms with Crippen LogP contribution in [0.3, 0.4) is 0 Å². The highest BCUT2D eigenvalue weighted by molar-refractivity contribution is 5.51. The zero-order valence-electron chi connectivity index (χ0n) is 7.70. The monoisotopic (exact) mass is 172 g/mol. The van der Waals surface area contributed by atoms with Gasteiger partial charge < -0.3 is 4.40 Å². The zero-order valence-corrected chi connectivity index (χ0v) is 7.70. The van der Waals surface area contributed by atoms with Crippen LogP contribution in [0.4, 0.5) is 0 Å². The maximum Gasteiger partial charge on any atom is 0.139 e. The molecule has 0 radical (unpaired) electrons. The van der Waals surface area contributed by atoms with Crippen LogP contribution < -0.4 is 0 Å². The molecule has 0 saturated carbocycles. The number of pyridine rings is 1. The van der Waals surface area contributed by atoms with Crippen molar-refractivity contribution >= 4 is 5.65 Å². The van der Waals surface area contributed by atoms with Gasteiger partial charge in [0.15, 0.2) is 0 Å². The molecule has 2 heteroatoms. The molecule has 0 aromatic carbocycles. The lowest BCUT2D eigenvalue weighted by Gasteiger charge is -1.98. The molecule has 0 atom stereocenters. The van der Waals surface area contributed by atoms with Crippen molar-refractivity contribution in [2.24, 2.45) is 0 Å². The summed E-state index contributed by atoms with van der Waals surface area (Å²) in [5, 5.41) is 0. The van der Waals surface area contributed by atoms with Crippen molar-refractivity contribution in [3.8, 4) is 12.3 Å². The van der Waals surface area contributed by atoms with Gasteiger partial charge in [-0.2, -0.15) is 0 Å². The van der Waals surface area contributed by atoms with E-state index < -0.39 is 0 Å². The molecule has 2 aromatic rings. The summed E-state index contributed by atoms with van der Waals surface area (Å²) in [5.74, 6) is 2.62. The third-order valence-corrected chi connectivity index (χ3v) is 2.02. The summed E-state index contributed by atoms with van der Waals surface area (Å²) in [4.78, 5) is 4.38. The Balaban J connectivity index is 0.000000980. The number of rotatable bonds is 0. The maximum atomic E-state index is 5.33. The highest BCUT2D eigenvalue weighted by Crippen LogP contribution is 2.11. The van der Waals surface area contributed by atoms with Gasteiger partial charge in [0, 0.05) is 19.4 Å². The highest BCUT2D eigenvalue weighted by atomic mass is 15.0. The van der Waals surface area contributed by atoms with Gasteiger partial charge in [-0.05, 0) is 25.5 Å². The van der Waals surface area contributed by atoms with Gasteiger partial charge in [0.2, 0.25) is 0 Å². The summed E-state index contributed by atoms with van der Waals surface area (Å²) in [5.41, 5.74) is 4.00. The number of aryl methyl sites for hydroxylation is 2. The lowest BCUT2D eigenvalue weighted by molar-refractivity contribution is 1.15. The molecule has 0 unspecified atom stereocenters. The number of hydrogen-bond donors (Lipinski definition) is 0. The fraction of sp³-hybridized carbons (Fsp3) is 0.182. The summed E-state index contributed by atoms with van der Waals surface area (Å²) in [6, 6.07) is 1.97. The van der Waals surface area contributed by atoms with Gasteiger partial charge in [-0.1, -0.05) is 5.92 Å². The molecule has 0 spiro atoms. The van der Waals surface area contributed by atoms with Crippen LogP contribution in [0.1, 0.15) is 18.2 Å². The summed E-state index contributed by atoms with van der Waals surface area (Å²) >= 11 is 0. The minimum Gasteiger partial charge on any atom is -0.305 e. The van der Waals surface area contributed by atoms with E-state index in [0.717, 1.165) is 22.5 Å². The molecule has 0 aliphatic rings. The molecular weight excluding hydrogens is 160 g/mol. The van der Waals surface area contributed by atoms with Crippen molar-refractivity contribution in [1.29, 1.82) is 0 Å². The third-order valence-electron chi connectivity index (χ3n) is 2.02. The molecule has 13 heavy (non-hydrogen) atoms. The number of nitrogens with zero attached hydrogens (tertiary/aromatic N) is 2. The minimum absolute atomic E-state index is 0. The predicted octanol–water partition coefficient (Wildman–Crippen LogP) is 2.18. The smallest absolute Gasteiger partial charge is 0.139 e. The van der Waals surface area contributed by atoms with E-state index in [-0.39, 0.29) is 1.43 Å². The van der Waals surface area contributed by atoms with Gasteiger partial charge in [-0.15, -0.1) is 6.42 Å². The average Bonchev–Trinajstić information content (AvgIpc) is 2.46. The third kappa shape index (κ3) is 1.19. The second-order valence-electron chi connectivity index (χ2n) is 3.17. The Morgan fingerprint density at radius 2 is 2.23 bits per heavy atom. The molecule has 0 N–H and O–H groups in total. The lowest BCUT2D eigenvalue weighted by atomic mass is 10.2. The summed E-state index contributed by atoms with van der Waals surface area (Å²) in [7, 11) is 0. The molecule has 0 amide bonds. The van der Waals surface area contributed by atoms with Crippen LogP contribution in [-0.2, 0) is 0 Å². The molecule has 2 nitrogen and oxygen atoms in total. The molecule has 0 fully saturated rings. The topological polar surface area (TPSA) is 17.3 Å². The van der Waals surface area contributed by atoms with Crippen LogP contribution in [-0.4, -0.2) is 9.38 Å². The van der Waals surface area contributed by atoms with Gasteiger partial charge in [-0.25, -0.2) is 4.98 Å². The summed E-state index contributed by atoms with van der Waals surface area (Å²) in [6.45, 7) is 3.99. The molecule has 0 aliphatic carbocycles. The zero-order chi connectivity index (χ0) is 9.42. The van der Waals surface area contributed by atoms with Crippen molar-refractivity contribution < 1.29 is 1.43 Å². The molecular formula is C11H12N2. The second-order valence-corrected chi connectivity index (χ2v) is 3.17. The normalized spacial score (nSPS) is 10.2. The fourth-order valence-electron chi connectivity index (χ4n) is 1.47. The molecule has 2 aromatic heterocycles. The number of hydrogen-bond acceptors (Lipinski definition) is 1.